The lowest BCUT2D eigenvalue weighted by Crippen LogP contribution is -3.00. The second-order valence-electron chi connectivity index (χ2n) is 5.94. The molecule has 0 N–H and O–H groups in total. The molecule has 0 unspecified atom stereocenters. The minimum absolute atomic E-state index is 0. The normalized spacial score (nSPS) is 10.9. The third kappa shape index (κ3) is 4.64. The van der Waals surface area contributed by atoms with Crippen LogP contribution in [-0.2, 0) is 0 Å². The van der Waals surface area contributed by atoms with E-state index in [1.165, 1.54) is 15.9 Å². The van der Waals surface area contributed by atoms with Crippen molar-refractivity contribution in [1.29, 1.82) is 0 Å². The first kappa shape index (κ1) is 20.4. The van der Waals surface area contributed by atoms with Crippen molar-refractivity contribution in [2.24, 2.45) is 0 Å². The number of alkyl halides is 1. The number of benzene rings is 3. The zero-order valence-electron chi connectivity index (χ0n) is 14.2. The zero-order chi connectivity index (χ0) is 16.7. The van der Waals surface area contributed by atoms with Crippen LogP contribution >= 0.6 is 18.9 Å². The van der Waals surface area contributed by atoms with Gasteiger partial charge in [0.2, 0.25) is 0 Å². The van der Waals surface area contributed by atoms with Crippen LogP contribution in [-0.4, -0.2) is 12.0 Å². The Hall–Kier alpha value is -0.890. The number of hydrogen-bond donors (Lipinski definition) is 0. The van der Waals surface area contributed by atoms with Gasteiger partial charge in [-0.2, -0.15) is 0 Å². The molecule has 3 heteroatoms. The Kier molecular flexibility index (Phi) is 8.42. The highest BCUT2D eigenvalue weighted by molar-refractivity contribution is 7.95. The molecule has 0 fully saturated rings. The molecule has 0 bridgehead atoms. The fraction of sp³-hybridized carbons (Fsp3) is 0.182. The van der Waals surface area contributed by atoms with E-state index in [1.807, 2.05) is 0 Å². The number of rotatable bonds is 7. The number of unbranched alkanes of at least 4 members (excludes halogenated alkanes) is 1. The summed E-state index contributed by atoms with van der Waals surface area (Å²) in [6.07, 6.45) is 3.38. The van der Waals surface area contributed by atoms with Crippen LogP contribution in [0.1, 0.15) is 12.8 Å². The van der Waals surface area contributed by atoms with E-state index in [4.69, 9.17) is 11.6 Å². The molecule has 0 spiro atoms. The molecule has 0 aliphatic carbocycles. The van der Waals surface area contributed by atoms with Gasteiger partial charge in [-0.25, -0.2) is 0 Å². The molecule has 0 nitrogen and oxygen atoms in total. The van der Waals surface area contributed by atoms with Crippen LogP contribution in [0.2, 0.25) is 0 Å². The predicted molar refractivity (Wildman–Crippen MR) is 110 cm³/mol. The first-order chi connectivity index (χ1) is 11.9. The van der Waals surface area contributed by atoms with Gasteiger partial charge in [0.1, 0.15) is 23.2 Å². The van der Waals surface area contributed by atoms with Crippen molar-refractivity contribution in [3.05, 3.63) is 91.0 Å². The molecule has 0 saturated heterocycles. The van der Waals surface area contributed by atoms with Crippen LogP contribution in [0, 0.1) is 0 Å². The van der Waals surface area contributed by atoms with Gasteiger partial charge in [-0.15, -0.1) is 11.6 Å². The summed E-state index contributed by atoms with van der Waals surface area (Å²) in [5.74, 6) is 0.734. The Morgan fingerprint density at radius 3 is 1.24 bits per heavy atom. The highest BCUT2D eigenvalue weighted by Gasteiger charge is 2.44. The molecular formula is C22H23ClIP. The molecule has 0 aliphatic heterocycles. The van der Waals surface area contributed by atoms with E-state index in [9.17, 15) is 0 Å². The largest absolute Gasteiger partial charge is 1.00 e. The smallest absolute Gasteiger partial charge is 0.112 e. The minimum atomic E-state index is -1.64. The van der Waals surface area contributed by atoms with E-state index in [2.05, 4.69) is 91.0 Å². The Bertz CT molecular complexity index is 635. The van der Waals surface area contributed by atoms with Gasteiger partial charge in [-0.05, 0) is 49.2 Å². The number of halogens is 2. The molecule has 3 aromatic carbocycles. The maximum Gasteiger partial charge on any atom is 0.112 e. The van der Waals surface area contributed by atoms with Crippen LogP contribution in [0.4, 0.5) is 0 Å². The Morgan fingerprint density at radius 1 is 0.560 bits per heavy atom. The third-order valence-corrected chi connectivity index (χ3v) is 9.26. The SMILES string of the molecule is ClCCCC[P+](c1ccccc1)(c1ccccc1)c1ccccc1.[I-]. The quantitative estimate of drug-likeness (QED) is 0.210. The van der Waals surface area contributed by atoms with Crippen LogP contribution < -0.4 is 39.9 Å². The second kappa shape index (κ2) is 10.3. The standard InChI is InChI=1S/C22H23ClP.HI/c23-18-10-11-19-24(20-12-4-1-5-13-20,21-14-6-2-7-15-21)22-16-8-3-9-17-22;/h1-9,12-17H,10-11,18-19H2;1H/q+1;/p-1. The Labute approximate surface area is 174 Å². The maximum atomic E-state index is 5.98. The Balaban J connectivity index is 0.00000225. The van der Waals surface area contributed by atoms with Crippen molar-refractivity contribution in [2.45, 2.75) is 12.8 Å². The lowest BCUT2D eigenvalue weighted by atomic mass is 10.3. The molecule has 0 aliphatic rings. The molecule has 0 aromatic heterocycles. The van der Waals surface area contributed by atoms with Crippen molar-refractivity contribution in [3.63, 3.8) is 0 Å². The van der Waals surface area contributed by atoms with Crippen LogP contribution in [0.25, 0.3) is 0 Å². The van der Waals surface area contributed by atoms with Gasteiger partial charge in [0.05, 0.1) is 6.16 Å². The average Bonchev–Trinajstić information content (AvgIpc) is 2.68. The van der Waals surface area contributed by atoms with Crippen molar-refractivity contribution < 1.29 is 24.0 Å². The third-order valence-electron chi connectivity index (χ3n) is 4.47. The van der Waals surface area contributed by atoms with Gasteiger partial charge < -0.3 is 24.0 Å². The molecule has 0 atom stereocenters. The summed E-state index contributed by atoms with van der Waals surface area (Å²) in [7, 11) is -1.64. The molecule has 0 radical (unpaired) electrons. The first-order valence-corrected chi connectivity index (χ1v) is 11.0. The van der Waals surface area contributed by atoms with E-state index in [0.29, 0.717) is 0 Å². The Morgan fingerprint density at radius 2 is 0.920 bits per heavy atom. The highest BCUT2D eigenvalue weighted by Crippen LogP contribution is 2.55. The lowest BCUT2D eigenvalue weighted by Gasteiger charge is -2.27. The van der Waals surface area contributed by atoms with Crippen molar-refractivity contribution >= 4 is 34.8 Å². The number of hydrogen-bond acceptors (Lipinski definition) is 0. The van der Waals surface area contributed by atoms with E-state index in [0.717, 1.165) is 24.9 Å². The minimum Gasteiger partial charge on any atom is -1.00 e. The van der Waals surface area contributed by atoms with Gasteiger partial charge in [-0.1, -0.05) is 54.6 Å². The maximum absolute atomic E-state index is 5.98. The summed E-state index contributed by atoms with van der Waals surface area (Å²) in [5, 5.41) is 4.37. The molecule has 3 rings (SSSR count). The molecule has 0 amide bonds. The van der Waals surface area contributed by atoms with Crippen molar-refractivity contribution in [1.82, 2.24) is 0 Å². The van der Waals surface area contributed by atoms with E-state index in [-0.39, 0.29) is 24.0 Å². The molecule has 0 saturated carbocycles. The average molecular weight is 481 g/mol. The van der Waals surface area contributed by atoms with Gasteiger partial charge >= 0.3 is 0 Å². The summed E-state index contributed by atoms with van der Waals surface area (Å²) < 4.78 is 0. The summed E-state index contributed by atoms with van der Waals surface area (Å²) in [6, 6.07) is 33.1. The fourth-order valence-corrected chi connectivity index (χ4v) is 7.92. The van der Waals surface area contributed by atoms with Crippen molar-refractivity contribution in [2.75, 3.05) is 12.0 Å². The monoisotopic (exact) mass is 480 g/mol. The molecule has 3 aromatic rings. The van der Waals surface area contributed by atoms with Crippen LogP contribution in [0.5, 0.6) is 0 Å². The zero-order valence-corrected chi connectivity index (χ0v) is 18.0. The van der Waals surface area contributed by atoms with Gasteiger partial charge in [0.25, 0.3) is 0 Å². The summed E-state index contributed by atoms with van der Waals surface area (Å²) in [4.78, 5) is 0. The van der Waals surface area contributed by atoms with E-state index >= 15 is 0 Å². The van der Waals surface area contributed by atoms with E-state index < -0.39 is 7.26 Å². The molecule has 25 heavy (non-hydrogen) atoms. The van der Waals surface area contributed by atoms with E-state index in [1.54, 1.807) is 0 Å². The van der Waals surface area contributed by atoms with Gasteiger partial charge in [0, 0.05) is 5.88 Å². The molecule has 0 heterocycles. The van der Waals surface area contributed by atoms with Crippen LogP contribution in [0.15, 0.2) is 91.0 Å². The fourth-order valence-electron chi connectivity index (χ4n) is 3.33. The predicted octanol–water partition coefficient (Wildman–Crippen LogP) is 2.00. The lowest BCUT2D eigenvalue weighted by molar-refractivity contribution is -0.00000461. The second-order valence-corrected chi connectivity index (χ2v) is 9.93. The molecule has 130 valence electrons. The molecular weight excluding hydrogens is 458 g/mol. The van der Waals surface area contributed by atoms with Crippen molar-refractivity contribution in [3.8, 4) is 0 Å². The van der Waals surface area contributed by atoms with Gasteiger partial charge in [-0.3, -0.25) is 0 Å². The summed E-state index contributed by atoms with van der Waals surface area (Å²) in [5.41, 5.74) is 0. The summed E-state index contributed by atoms with van der Waals surface area (Å²) >= 11 is 5.98. The highest BCUT2D eigenvalue weighted by atomic mass is 127. The van der Waals surface area contributed by atoms with Crippen LogP contribution in [0.3, 0.4) is 0 Å². The topological polar surface area (TPSA) is 0 Å². The van der Waals surface area contributed by atoms with Gasteiger partial charge in [0.15, 0.2) is 0 Å². The summed E-state index contributed by atoms with van der Waals surface area (Å²) in [6.45, 7) is 0. The first-order valence-electron chi connectivity index (χ1n) is 8.49.